The van der Waals surface area contributed by atoms with E-state index in [1.54, 1.807) is 19.6 Å². The van der Waals surface area contributed by atoms with E-state index in [0.717, 1.165) is 12.8 Å². The van der Waals surface area contributed by atoms with Crippen LogP contribution in [0.5, 0.6) is 0 Å². The minimum absolute atomic E-state index is 0.250. The Morgan fingerprint density at radius 3 is 0.875 bits per heavy atom. The number of hydrogen-bond acceptors (Lipinski definition) is 8. The first kappa shape index (κ1) is 44.8. The van der Waals surface area contributed by atoms with Gasteiger partial charge in [0, 0.05) is 52.4 Å². The molecule has 12 nitrogen and oxygen atoms in total. The Balaban J connectivity index is 5.66. The number of carbonyl (C=O) groups excluding carboxylic acids is 4. The summed E-state index contributed by atoms with van der Waals surface area (Å²) in [4.78, 5) is 58.2. The van der Waals surface area contributed by atoms with Gasteiger partial charge < -0.3 is 38.5 Å². The molecule has 0 unspecified atom stereocenters. The second kappa shape index (κ2) is 20.4. The Morgan fingerprint density at radius 1 is 0.417 bits per heavy atom. The molecule has 0 aromatic heterocycles. The smallest absolute Gasteiger partial charge is 0.410 e. The van der Waals surface area contributed by atoms with Gasteiger partial charge in [0.1, 0.15) is 22.4 Å². The number of ether oxygens (including phenoxy) is 4. The lowest BCUT2D eigenvalue weighted by molar-refractivity contribution is 0.0193. The predicted octanol–water partition coefficient (Wildman–Crippen LogP) is 8.09. The van der Waals surface area contributed by atoms with Crippen molar-refractivity contribution in [1.29, 1.82) is 0 Å². The fourth-order valence-corrected chi connectivity index (χ4v) is 4.26. The van der Waals surface area contributed by atoms with Crippen molar-refractivity contribution in [2.45, 2.75) is 145 Å². The molecule has 0 N–H and O–H groups in total. The van der Waals surface area contributed by atoms with Crippen LogP contribution in [0.25, 0.3) is 0 Å². The number of nitrogens with zero attached hydrogens (tertiary/aromatic N) is 4. The first-order valence-corrected chi connectivity index (χ1v) is 17.4. The SMILES string of the molecule is CCCN(CCCN(C/C=C/CN(CCCN(CCC)C(=O)OC(C)(C)C)C(=O)OC(C)(C)C)C(=O)OC(C)(C)C)C(=O)OC(C)(C)C. The highest BCUT2D eigenvalue weighted by atomic mass is 16.6. The molecule has 0 aliphatic carbocycles. The average Bonchev–Trinajstić information content (AvgIpc) is 2.88. The van der Waals surface area contributed by atoms with Crippen LogP contribution in [0, 0.1) is 0 Å². The summed E-state index contributed by atoms with van der Waals surface area (Å²) < 4.78 is 22.4. The zero-order valence-electron chi connectivity index (χ0n) is 32.7. The third-order valence-corrected chi connectivity index (χ3v) is 6.12. The molecule has 4 amide bonds. The third-order valence-electron chi connectivity index (χ3n) is 6.12. The van der Waals surface area contributed by atoms with Gasteiger partial charge in [-0.3, -0.25) is 0 Å². The minimum atomic E-state index is -0.678. The third kappa shape index (κ3) is 22.4. The Kier molecular flexibility index (Phi) is 19.0. The minimum Gasteiger partial charge on any atom is -0.444 e. The summed E-state index contributed by atoms with van der Waals surface area (Å²) in [7, 11) is 0. The number of rotatable bonds is 16. The van der Waals surface area contributed by atoms with Crippen molar-refractivity contribution in [3.05, 3.63) is 12.2 Å². The second-order valence-corrected chi connectivity index (χ2v) is 16.0. The molecule has 0 rings (SSSR count). The van der Waals surface area contributed by atoms with Gasteiger partial charge in [0.25, 0.3) is 0 Å². The van der Waals surface area contributed by atoms with Crippen molar-refractivity contribution in [2.24, 2.45) is 0 Å². The van der Waals surface area contributed by atoms with E-state index in [2.05, 4.69) is 0 Å². The molecular formula is C36H68N4O8. The fourth-order valence-electron chi connectivity index (χ4n) is 4.26. The molecule has 0 aliphatic rings. The molecule has 0 fully saturated rings. The lowest BCUT2D eigenvalue weighted by Crippen LogP contribution is -2.41. The predicted molar refractivity (Wildman–Crippen MR) is 190 cm³/mol. The van der Waals surface area contributed by atoms with Crippen LogP contribution >= 0.6 is 0 Å². The second-order valence-electron chi connectivity index (χ2n) is 16.0. The highest BCUT2D eigenvalue weighted by Gasteiger charge is 2.26. The van der Waals surface area contributed by atoms with Crippen molar-refractivity contribution in [3.63, 3.8) is 0 Å². The molecule has 280 valence electrons. The monoisotopic (exact) mass is 685 g/mol. The van der Waals surface area contributed by atoms with E-state index >= 15 is 0 Å². The van der Waals surface area contributed by atoms with Gasteiger partial charge in [-0.1, -0.05) is 26.0 Å². The normalized spacial score (nSPS) is 12.4. The van der Waals surface area contributed by atoms with Crippen LogP contribution in [-0.2, 0) is 18.9 Å². The molecular weight excluding hydrogens is 616 g/mol. The van der Waals surface area contributed by atoms with E-state index in [-0.39, 0.29) is 25.3 Å². The maximum Gasteiger partial charge on any atom is 0.410 e. The molecule has 0 atom stereocenters. The summed E-state index contributed by atoms with van der Waals surface area (Å²) in [6, 6.07) is 0. The first-order valence-electron chi connectivity index (χ1n) is 17.4. The van der Waals surface area contributed by atoms with Gasteiger partial charge in [0.15, 0.2) is 0 Å². The standard InChI is InChI=1S/C36H68N4O8/c1-15-21-37(29(41)45-33(3,4)5)25-19-27-39(31(43)47-35(9,10)11)23-17-18-24-40(32(44)48-36(12,13)14)28-20-26-38(22-16-2)30(42)46-34(6,7)8/h17-18H,15-16,19-28H2,1-14H3/b18-17+. The van der Waals surface area contributed by atoms with Crippen LogP contribution in [0.15, 0.2) is 12.2 Å². The molecule has 0 aliphatic heterocycles. The van der Waals surface area contributed by atoms with Crippen LogP contribution < -0.4 is 0 Å². The largest absolute Gasteiger partial charge is 0.444 e. The molecule has 48 heavy (non-hydrogen) atoms. The van der Waals surface area contributed by atoms with Crippen LogP contribution in [0.4, 0.5) is 19.2 Å². The molecule has 0 saturated heterocycles. The van der Waals surface area contributed by atoms with E-state index < -0.39 is 34.6 Å². The summed E-state index contributed by atoms with van der Waals surface area (Å²) >= 11 is 0. The summed E-state index contributed by atoms with van der Waals surface area (Å²) in [5.41, 5.74) is -2.56. The highest BCUT2D eigenvalue weighted by Crippen LogP contribution is 2.15. The summed E-state index contributed by atoms with van der Waals surface area (Å²) in [6.45, 7) is 29.1. The van der Waals surface area contributed by atoms with Crippen LogP contribution in [0.3, 0.4) is 0 Å². The van der Waals surface area contributed by atoms with Crippen molar-refractivity contribution in [3.8, 4) is 0 Å². The van der Waals surface area contributed by atoms with E-state index in [0.29, 0.717) is 52.1 Å². The van der Waals surface area contributed by atoms with Crippen molar-refractivity contribution in [2.75, 3.05) is 52.4 Å². The van der Waals surface area contributed by atoms with E-state index in [9.17, 15) is 19.2 Å². The van der Waals surface area contributed by atoms with Gasteiger partial charge >= 0.3 is 24.4 Å². The van der Waals surface area contributed by atoms with Crippen molar-refractivity contribution in [1.82, 2.24) is 19.6 Å². The lowest BCUT2D eigenvalue weighted by Gasteiger charge is -2.30. The molecule has 0 radical (unpaired) electrons. The molecule has 0 aromatic carbocycles. The summed E-state index contributed by atoms with van der Waals surface area (Å²) in [5.74, 6) is 0. The zero-order chi connectivity index (χ0) is 37.3. The lowest BCUT2D eigenvalue weighted by atomic mass is 10.2. The van der Waals surface area contributed by atoms with E-state index in [1.807, 2.05) is 109 Å². The number of carbonyl (C=O) groups is 4. The summed E-state index contributed by atoms with van der Waals surface area (Å²) in [6.07, 6.45) is 4.59. The molecule has 0 spiro atoms. The topological polar surface area (TPSA) is 118 Å². The highest BCUT2D eigenvalue weighted by molar-refractivity contribution is 5.70. The summed E-state index contributed by atoms with van der Waals surface area (Å²) in [5, 5.41) is 0. The van der Waals surface area contributed by atoms with E-state index in [4.69, 9.17) is 18.9 Å². The van der Waals surface area contributed by atoms with Crippen molar-refractivity contribution < 1.29 is 38.1 Å². The maximum absolute atomic E-state index is 13.1. The van der Waals surface area contributed by atoms with E-state index in [1.165, 1.54) is 0 Å². The molecule has 0 heterocycles. The van der Waals surface area contributed by atoms with Gasteiger partial charge in [-0.15, -0.1) is 0 Å². The van der Waals surface area contributed by atoms with Crippen LogP contribution in [-0.4, -0.2) is 119 Å². The number of hydrogen-bond donors (Lipinski definition) is 0. The Bertz CT molecular complexity index is 939. The first-order chi connectivity index (χ1) is 21.9. The number of amides is 4. The van der Waals surface area contributed by atoms with Gasteiger partial charge in [-0.2, -0.15) is 0 Å². The van der Waals surface area contributed by atoms with Gasteiger partial charge in [-0.05, 0) is 109 Å². The fraction of sp³-hybridized carbons (Fsp3) is 0.833. The molecule has 0 aromatic rings. The van der Waals surface area contributed by atoms with Crippen LogP contribution in [0.2, 0.25) is 0 Å². The Hall–Kier alpha value is -3.18. The quantitative estimate of drug-likeness (QED) is 0.118. The van der Waals surface area contributed by atoms with Crippen molar-refractivity contribution >= 4 is 24.4 Å². The average molecular weight is 685 g/mol. The zero-order valence-corrected chi connectivity index (χ0v) is 32.7. The molecule has 0 bridgehead atoms. The van der Waals surface area contributed by atoms with Gasteiger partial charge in [0.05, 0.1) is 0 Å². The van der Waals surface area contributed by atoms with Gasteiger partial charge in [0.2, 0.25) is 0 Å². The molecule has 0 saturated carbocycles. The van der Waals surface area contributed by atoms with Crippen LogP contribution in [0.1, 0.15) is 123 Å². The molecule has 12 heteroatoms. The Morgan fingerprint density at radius 2 is 0.646 bits per heavy atom. The maximum atomic E-state index is 13.1. The Labute approximate surface area is 291 Å². The van der Waals surface area contributed by atoms with Gasteiger partial charge in [-0.25, -0.2) is 19.2 Å².